The number of H-pyrrole nitrogens is 1. The largest absolute Gasteiger partial charge is 0.394 e. The van der Waals surface area contributed by atoms with E-state index in [1.54, 1.807) is 0 Å². The van der Waals surface area contributed by atoms with Gasteiger partial charge in [-0.05, 0) is 41.2 Å². The number of aromatic nitrogens is 1. The zero-order valence-corrected chi connectivity index (χ0v) is 14.1. The number of pyridine rings is 1. The smallest absolute Gasteiger partial charge is 0.271 e. The van der Waals surface area contributed by atoms with Gasteiger partial charge in [-0.15, -0.1) is 0 Å². The highest BCUT2D eigenvalue weighted by atomic mass is 16.1. The highest BCUT2D eigenvalue weighted by Gasteiger charge is 2.12. The van der Waals surface area contributed by atoms with Gasteiger partial charge >= 0.3 is 0 Å². The van der Waals surface area contributed by atoms with Crippen LogP contribution in [0, 0.1) is 6.92 Å². The van der Waals surface area contributed by atoms with Gasteiger partial charge in [0.25, 0.3) is 5.56 Å². The number of benzene rings is 2. The second-order valence-electron chi connectivity index (χ2n) is 6.04. The van der Waals surface area contributed by atoms with Crippen LogP contribution in [0.3, 0.4) is 0 Å². The molecular weight excluding hydrogens is 296 g/mol. The van der Waals surface area contributed by atoms with E-state index in [0.717, 1.165) is 28.8 Å². The fourth-order valence-electron chi connectivity index (χ4n) is 3.17. The van der Waals surface area contributed by atoms with Crippen LogP contribution in [0.5, 0.6) is 0 Å². The van der Waals surface area contributed by atoms with E-state index in [9.17, 15) is 4.79 Å². The molecule has 3 rings (SSSR count). The molecule has 2 aromatic carbocycles. The maximum absolute atomic E-state index is 12.0. The number of rotatable bonds is 4. The summed E-state index contributed by atoms with van der Waals surface area (Å²) >= 11 is 0. The minimum atomic E-state index is -0.194. The molecule has 0 atom stereocenters. The first kappa shape index (κ1) is 16.1. The number of anilines is 1. The van der Waals surface area contributed by atoms with E-state index >= 15 is 0 Å². The molecular formula is C21H22N2O. The Labute approximate surface area is 142 Å². The second-order valence-corrected chi connectivity index (χ2v) is 6.04. The number of nitrogens with two attached hydrogens (primary N) is 1. The van der Waals surface area contributed by atoms with Crippen LogP contribution in [-0.4, -0.2) is 4.98 Å². The Hall–Kier alpha value is -2.81. The second kappa shape index (κ2) is 6.75. The van der Waals surface area contributed by atoms with Crippen LogP contribution in [0.25, 0.3) is 11.1 Å². The maximum Gasteiger partial charge on any atom is 0.271 e. The summed E-state index contributed by atoms with van der Waals surface area (Å²) in [7, 11) is 0. The number of aryl methyl sites for hydroxylation is 1. The minimum absolute atomic E-state index is 0.194. The molecule has 0 amide bonds. The molecule has 0 fully saturated rings. The highest BCUT2D eigenvalue weighted by Crippen LogP contribution is 2.23. The topological polar surface area (TPSA) is 58.9 Å². The van der Waals surface area contributed by atoms with Gasteiger partial charge in [0.15, 0.2) is 0 Å². The van der Waals surface area contributed by atoms with E-state index in [0.29, 0.717) is 12.1 Å². The van der Waals surface area contributed by atoms with E-state index < -0.39 is 0 Å². The lowest BCUT2D eigenvalue weighted by Gasteiger charge is -2.14. The van der Waals surface area contributed by atoms with Crippen LogP contribution >= 0.6 is 0 Å². The lowest BCUT2D eigenvalue weighted by atomic mass is 9.95. The van der Waals surface area contributed by atoms with Crippen LogP contribution in [0.2, 0.25) is 0 Å². The molecule has 0 unspecified atom stereocenters. The summed E-state index contributed by atoms with van der Waals surface area (Å²) in [6, 6.07) is 18.7. The third kappa shape index (κ3) is 3.11. The summed E-state index contributed by atoms with van der Waals surface area (Å²) in [6.07, 6.45) is 1.53. The molecule has 3 nitrogen and oxygen atoms in total. The third-order valence-corrected chi connectivity index (χ3v) is 4.48. The molecule has 3 N–H and O–H groups in total. The van der Waals surface area contributed by atoms with Crippen molar-refractivity contribution >= 4 is 5.69 Å². The number of hydrogen-bond donors (Lipinski definition) is 2. The fourth-order valence-corrected chi connectivity index (χ4v) is 3.17. The summed E-state index contributed by atoms with van der Waals surface area (Å²) in [5.74, 6) is 0. The monoisotopic (exact) mass is 318 g/mol. The Morgan fingerprint density at radius 2 is 1.54 bits per heavy atom. The summed E-state index contributed by atoms with van der Waals surface area (Å²) in [4.78, 5) is 14.8. The quantitative estimate of drug-likeness (QED) is 0.761. The number of hydrogen-bond acceptors (Lipinski definition) is 2. The molecule has 0 radical (unpaired) electrons. The standard InChI is InChI=1S/C21H22N2O/c1-3-18-14(2)23-21(24)20(22)19(18)13-15-9-11-17(12-10-15)16-7-5-4-6-8-16/h4-12H,3,13,22H2,1-2H3,(H,23,24). The Morgan fingerprint density at radius 3 is 2.17 bits per heavy atom. The Balaban J connectivity index is 1.94. The molecule has 3 heteroatoms. The van der Waals surface area contributed by atoms with Crippen molar-refractivity contribution < 1.29 is 0 Å². The highest BCUT2D eigenvalue weighted by molar-refractivity contribution is 5.63. The minimum Gasteiger partial charge on any atom is -0.394 e. The van der Waals surface area contributed by atoms with Gasteiger partial charge in [0.1, 0.15) is 5.69 Å². The van der Waals surface area contributed by atoms with Crippen molar-refractivity contribution in [3.63, 3.8) is 0 Å². The molecule has 3 aromatic rings. The summed E-state index contributed by atoms with van der Waals surface area (Å²) in [5.41, 5.74) is 12.7. The number of nitrogen functional groups attached to an aromatic ring is 1. The molecule has 0 aliphatic heterocycles. The van der Waals surface area contributed by atoms with Crippen molar-refractivity contribution in [1.29, 1.82) is 0 Å². The number of aromatic amines is 1. The van der Waals surface area contributed by atoms with E-state index in [4.69, 9.17) is 5.73 Å². The lowest BCUT2D eigenvalue weighted by Crippen LogP contribution is -2.19. The van der Waals surface area contributed by atoms with Crippen molar-refractivity contribution in [2.45, 2.75) is 26.7 Å². The first-order chi connectivity index (χ1) is 11.6. The Kier molecular flexibility index (Phi) is 4.52. The van der Waals surface area contributed by atoms with Crippen LogP contribution < -0.4 is 11.3 Å². The lowest BCUT2D eigenvalue weighted by molar-refractivity contribution is 0.980. The van der Waals surface area contributed by atoms with Crippen LogP contribution in [0.4, 0.5) is 5.69 Å². The van der Waals surface area contributed by atoms with Gasteiger partial charge in [0.05, 0.1) is 0 Å². The normalized spacial score (nSPS) is 10.8. The van der Waals surface area contributed by atoms with Crippen LogP contribution in [-0.2, 0) is 12.8 Å². The van der Waals surface area contributed by atoms with Crippen LogP contribution in [0.15, 0.2) is 59.4 Å². The fraction of sp³-hybridized carbons (Fsp3) is 0.190. The number of nitrogens with one attached hydrogen (secondary N) is 1. The molecule has 122 valence electrons. The first-order valence-electron chi connectivity index (χ1n) is 8.24. The van der Waals surface area contributed by atoms with Gasteiger partial charge in [-0.1, -0.05) is 61.5 Å². The summed E-state index contributed by atoms with van der Waals surface area (Å²) in [6.45, 7) is 4.02. The van der Waals surface area contributed by atoms with Crippen molar-refractivity contribution in [3.05, 3.63) is 87.3 Å². The maximum atomic E-state index is 12.0. The van der Waals surface area contributed by atoms with Crippen molar-refractivity contribution in [2.75, 3.05) is 5.73 Å². The van der Waals surface area contributed by atoms with Gasteiger partial charge in [-0.3, -0.25) is 4.79 Å². The van der Waals surface area contributed by atoms with E-state index in [-0.39, 0.29) is 5.56 Å². The zero-order valence-electron chi connectivity index (χ0n) is 14.1. The summed E-state index contributed by atoms with van der Waals surface area (Å²) < 4.78 is 0. The van der Waals surface area contributed by atoms with E-state index in [1.165, 1.54) is 11.1 Å². The zero-order chi connectivity index (χ0) is 17.1. The molecule has 0 bridgehead atoms. The molecule has 0 spiro atoms. The van der Waals surface area contributed by atoms with Crippen molar-refractivity contribution in [2.24, 2.45) is 0 Å². The Morgan fingerprint density at radius 1 is 0.917 bits per heavy atom. The third-order valence-electron chi connectivity index (χ3n) is 4.48. The van der Waals surface area contributed by atoms with Gasteiger partial charge in [0, 0.05) is 12.1 Å². The SMILES string of the molecule is CCc1c(C)[nH]c(=O)c(N)c1Cc1ccc(-c2ccccc2)cc1. The molecule has 0 aliphatic rings. The van der Waals surface area contributed by atoms with Crippen molar-refractivity contribution in [3.8, 4) is 11.1 Å². The van der Waals surface area contributed by atoms with E-state index in [2.05, 4.69) is 48.3 Å². The molecule has 0 saturated heterocycles. The van der Waals surface area contributed by atoms with Crippen molar-refractivity contribution in [1.82, 2.24) is 4.98 Å². The van der Waals surface area contributed by atoms with Gasteiger partial charge in [-0.2, -0.15) is 0 Å². The average Bonchev–Trinajstić information content (AvgIpc) is 2.61. The predicted molar refractivity (Wildman–Crippen MR) is 100 cm³/mol. The summed E-state index contributed by atoms with van der Waals surface area (Å²) in [5, 5.41) is 0. The van der Waals surface area contributed by atoms with Gasteiger partial charge < -0.3 is 10.7 Å². The van der Waals surface area contributed by atoms with Crippen LogP contribution in [0.1, 0.15) is 29.3 Å². The van der Waals surface area contributed by atoms with Gasteiger partial charge in [-0.25, -0.2) is 0 Å². The predicted octanol–water partition coefficient (Wildman–Crippen LogP) is 4.09. The molecule has 1 aromatic heterocycles. The molecule has 24 heavy (non-hydrogen) atoms. The molecule has 0 saturated carbocycles. The average molecular weight is 318 g/mol. The molecule has 0 aliphatic carbocycles. The molecule has 1 heterocycles. The van der Waals surface area contributed by atoms with Gasteiger partial charge in [0.2, 0.25) is 0 Å². The first-order valence-corrected chi connectivity index (χ1v) is 8.24. The van der Waals surface area contributed by atoms with E-state index in [1.807, 2.05) is 25.1 Å². The Bertz CT molecular complexity index is 894.